The molecule has 0 saturated carbocycles. The van der Waals surface area contributed by atoms with Crippen LogP contribution < -0.4 is 0 Å². The van der Waals surface area contributed by atoms with Crippen LogP contribution in [-0.4, -0.2) is 9.97 Å². The molecule has 0 spiro atoms. The van der Waals surface area contributed by atoms with Crippen LogP contribution in [0.15, 0.2) is 30.7 Å². The van der Waals surface area contributed by atoms with Crippen LogP contribution in [0, 0.1) is 0 Å². The van der Waals surface area contributed by atoms with E-state index in [4.69, 9.17) is 0 Å². The van der Waals surface area contributed by atoms with Gasteiger partial charge in [-0.1, -0.05) is 6.92 Å². The summed E-state index contributed by atoms with van der Waals surface area (Å²) in [5, 5.41) is 1.17. The molecule has 2 aromatic heterocycles. The normalized spacial score (nSPS) is 10.4. The minimum atomic E-state index is 0.967. The molecule has 0 aliphatic heterocycles. The SMILES string of the molecule is CCc1cnc2cnccc2c1. The van der Waals surface area contributed by atoms with Gasteiger partial charge < -0.3 is 0 Å². The Morgan fingerprint density at radius 2 is 2.25 bits per heavy atom. The molecule has 0 fully saturated rings. The summed E-state index contributed by atoms with van der Waals surface area (Å²) in [5.74, 6) is 0. The summed E-state index contributed by atoms with van der Waals surface area (Å²) in [6.07, 6.45) is 6.52. The van der Waals surface area contributed by atoms with Crippen LogP contribution in [-0.2, 0) is 6.42 Å². The monoisotopic (exact) mass is 158 g/mol. The molecule has 2 heteroatoms. The molecule has 2 rings (SSSR count). The highest BCUT2D eigenvalue weighted by Crippen LogP contribution is 2.11. The summed E-state index contributed by atoms with van der Waals surface area (Å²) in [7, 11) is 0. The molecule has 0 bridgehead atoms. The zero-order chi connectivity index (χ0) is 8.39. The van der Waals surface area contributed by atoms with Crippen molar-refractivity contribution in [3.63, 3.8) is 0 Å². The quantitative estimate of drug-likeness (QED) is 0.635. The molecule has 0 aromatic carbocycles. The number of pyridine rings is 2. The van der Waals surface area contributed by atoms with Gasteiger partial charge in [-0.3, -0.25) is 9.97 Å². The summed E-state index contributed by atoms with van der Waals surface area (Å²) in [4.78, 5) is 8.30. The predicted octanol–water partition coefficient (Wildman–Crippen LogP) is 2.19. The number of nitrogens with zero attached hydrogens (tertiary/aromatic N) is 2. The van der Waals surface area contributed by atoms with Crippen LogP contribution >= 0.6 is 0 Å². The van der Waals surface area contributed by atoms with E-state index in [0.29, 0.717) is 0 Å². The highest BCUT2D eigenvalue weighted by atomic mass is 14.7. The van der Waals surface area contributed by atoms with Gasteiger partial charge in [0.25, 0.3) is 0 Å². The Hall–Kier alpha value is -1.44. The molecule has 0 aliphatic carbocycles. The van der Waals surface area contributed by atoms with E-state index in [2.05, 4.69) is 23.0 Å². The minimum Gasteiger partial charge on any atom is -0.262 e. The Balaban J connectivity index is 2.67. The number of fused-ring (bicyclic) bond motifs is 1. The molecule has 0 N–H and O–H groups in total. The Morgan fingerprint density at radius 1 is 1.33 bits per heavy atom. The van der Waals surface area contributed by atoms with Gasteiger partial charge >= 0.3 is 0 Å². The van der Waals surface area contributed by atoms with Crippen molar-refractivity contribution in [3.8, 4) is 0 Å². The van der Waals surface area contributed by atoms with Gasteiger partial charge in [0.15, 0.2) is 0 Å². The highest BCUT2D eigenvalue weighted by Gasteiger charge is 1.94. The van der Waals surface area contributed by atoms with Crippen LogP contribution in [0.1, 0.15) is 12.5 Å². The number of hydrogen-bond donors (Lipinski definition) is 0. The van der Waals surface area contributed by atoms with Crippen molar-refractivity contribution in [2.24, 2.45) is 0 Å². The fraction of sp³-hybridized carbons (Fsp3) is 0.200. The molecule has 0 aliphatic rings. The number of aryl methyl sites for hydroxylation is 1. The topological polar surface area (TPSA) is 25.8 Å². The Morgan fingerprint density at radius 3 is 3.08 bits per heavy atom. The van der Waals surface area contributed by atoms with E-state index in [1.54, 1.807) is 12.4 Å². The summed E-state index contributed by atoms with van der Waals surface area (Å²) < 4.78 is 0. The third-order valence-corrected chi connectivity index (χ3v) is 1.95. The third kappa shape index (κ3) is 1.16. The van der Waals surface area contributed by atoms with Crippen LogP contribution in [0.5, 0.6) is 0 Å². The van der Waals surface area contributed by atoms with E-state index in [0.717, 1.165) is 11.9 Å². The maximum atomic E-state index is 4.29. The fourth-order valence-electron chi connectivity index (χ4n) is 1.21. The zero-order valence-electron chi connectivity index (χ0n) is 6.99. The lowest BCUT2D eigenvalue weighted by Crippen LogP contribution is -1.84. The van der Waals surface area contributed by atoms with E-state index in [9.17, 15) is 0 Å². The van der Waals surface area contributed by atoms with Gasteiger partial charge in [0.2, 0.25) is 0 Å². The van der Waals surface area contributed by atoms with Gasteiger partial charge in [-0.25, -0.2) is 0 Å². The first kappa shape index (κ1) is 7.22. The average Bonchev–Trinajstić information content (AvgIpc) is 2.17. The molecule has 0 atom stereocenters. The second-order valence-electron chi connectivity index (χ2n) is 2.77. The van der Waals surface area contributed by atoms with Gasteiger partial charge in [-0.05, 0) is 24.1 Å². The lowest BCUT2D eigenvalue weighted by Gasteiger charge is -1.98. The van der Waals surface area contributed by atoms with E-state index in [1.807, 2.05) is 12.3 Å². The largest absolute Gasteiger partial charge is 0.262 e. The van der Waals surface area contributed by atoms with Gasteiger partial charge in [0, 0.05) is 17.8 Å². The fourth-order valence-corrected chi connectivity index (χ4v) is 1.21. The van der Waals surface area contributed by atoms with E-state index in [1.165, 1.54) is 10.9 Å². The van der Waals surface area contributed by atoms with Crippen LogP contribution in [0.2, 0.25) is 0 Å². The predicted molar refractivity (Wildman–Crippen MR) is 48.9 cm³/mol. The molecule has 60 valence electrons. The van der Waals surface area contributed by atoms with Crippen molar-refractivity contribution >= 4 is 10.9 Å². The average molecular weight is 158 g/mol. The molecule has 2 heterocycles. The van der Waals surface area contributed by atoms with Gasteiger partial charge in [-0.2, -0.15) is 0 Å². The number of hydrogen-bond acceptors (Lipinski definition) is 2. The lowest BCUT2D eigenvalue weighted by molar-refractivity contribution is 1.12. The standard InChI is InChI=1S/C10H10N2/c1-2-8-5-9-3-4-11-7-10(9)12-6-8/h3-7H,2H2,1H3. The second kappa shape index (κ2) is 2.89. The highest BCUT2D eigenvalue weighted by molar-refractivity contribution is 5.77. The summed E-state index contributed by atoms with van der Waals surface area (Å²) in [6.45, 7) is 2.13. The van der Waals surface area contributed by atoms with Crippen molar-refractivity contribution in [1.29, 1.82) is 0 Å². The smallest absolute Gasteiger partial charge is 0.0885 e. The molecule has 0 radical (unpaired) electrons. The van der Waals surface area contributed by atoms with Gasteiger partial charge in [0.05, 0.1) is 11.7 Å². The molecule has 12 heavy (non-hydrogen) atoms. The van der Waals surface area contributed by atoms with Crippen molar-refractivity contribution in [3.05, 3.63) is 36.3 Å². The van der Waals surface area contributed by atoms with Gasteiger partial charge in [-0.15, -0.1) is 0 Å². The third-order valence-electron chi connectivity index (χ3n) is 1.95. The van der Waals surface area contributed by atoms with Crippen molar-refractivity contribution < 1.29 is 0 Å². The Labute approximate surface area is 71.3 Å². The van der Waals surface area contributed by atoms with E-state index < -0.39 is 0 Å². The number of aromatic nitrogens is 2. The second-order valence-corrected chi connectivity index (χ2v) is 2.77. The molecule has 0 saturated heterocycles. The van der Waals surface area contributed by atoms with Crippen LogP contribution in [0.4, 0.5) is 0 Å². The van der Waals surface area contributed by atoms with Crippen LogP contribution in [0.3, 0.4) is 0 Å². The molecular formula is C10H10N2. The maximum Gasteiger partial charge on any atom is 0.0885 e. The van der Waals surface area contributed by atoms with Crippen molar-refractivity contribution in [2.75, 3.05) is 0 Å². The first-order valence-electron chi connectivity index (χ1n) is 4.09. The van der Waals surface area contributed by atoms with Crippen molar-refractivity contribution in [1.82, 2.24) is 9.97 Å². The first-order valence-corrected chi connectivity index (χ1v) is 4.09. The first-order chi connectivity index (χ1) is 5.90. The van der Waals surface area contributed by atoms with E-state index in [-0.39, 0.29) is 0 Å². The Bertz CT molecular complexity index is 396. The lowest BCUT2D eigenvalue weighted by atomic mass is 10.2. The molecule has 0 amide bonds. The molecule has 2 nitrogen and oxygen atoms in total. The number of rotatable bonds is 1. The summed E-state index contributed by atoms with van der Waals surface area (Å²) in [5.41, 5.74) is 2.24. The summed E-state index contributed by atoms with van der Waals surface area (Å²) >= 11 is 0. The molecule has 0 unspecified atom stereocenters. The van der Waals surface area contributed by atoms with Crippen molar-refractivity contribution in [2.45, 2.75) is 13.3 Å². The van der Waals surface area contributed by atoms with E-state index >= 15 is 0 Å². The molecule has 2 aromatic rings. The van der Waals surface area contributed by atoms with Gasteiger partial charge in [0.1, 0.15) is 0 Å². The minimum absolute atomic E-state index is 0.967. The maximum absolute atomic E-state index is 4.29. The molecular weight excluding hydrogens is 148 g/mol. The zero-order valence-corrected chi connectivity index (χ0v) is 6.99. The summed E-state index contributed by atoms with van der Waals surface area (Å²) in [6, 6.07) is 4.14. The Kier molecular flexibility index (Phi) is 1.74. The van der Waals surface area contributed by atoms with Crippen LogP contribution in [0.25, 0.3) is 10.9 Å².